The van der Waals surface area contributed by atoms with E-state index in [9.17, 15) is 8.42 Å². The van der Waals surface area contributed by atoms with Gasteiger partial charge in [-0.25, -0.2) is 0 Å². The van der Waals surface area contributed by atoms with Crippen LogP contribution in [0, 0.1) is 5.92 Å². The molecule has 1 atom stereocenters. The lowest BCUT2D eigenvalue weighted by atomic mass is 10.1. The molecule has 0 spiro atoms. The van der Waals surface area contributed by atoms with E-state index in [0.717, 1.165) is 24.0 Å². The zero-order valence-electron chi connectivity index (χ0n) is 11.8. The highest BCUT2D eigenvalue weighted by Crippen LogP contribution is 2.17. The van der Waals surface area contributed by atoms with Crippen molar-refractivity contribution in [1.82, 2.24) is 0 Å². The zero-order chi connectivity index (χ0) is 13.7. The van der Waals surface area contributed by atoms with Crippen LogP contribution in [0.15, 0.2) is 0 Å². The maximum Gasteiger partial charge on any atom is 0.270 e. The third kappa shape index (κ3) is 6.38. The Morgan fingerprint density at radius 1 is 1.12 bits per heavy atom. The molecule has 0 aromatic carbocycles. The number of nitrogens with zero attached hydrogens (tertiary/aromatic N) is 1. The molecule has 0 aliphatic rings. The number of hydrogen-bond acceptors (Lipinski definition) is 2. The SMILES string of the molecule is CC[N+](CCC(C)C)(CCS(=O)(=O)O)C(C)C. The minimum atomic E-state index is -3.86. The van der Waals surface area contributed by atoms with Crippen molar-refractivity contribution in [1.29, 1.82) is 0 Å². The quantitative estimate of drug-likeness (QED) is 0.541. The lowest BCUT2D eigenvalue weighted by molar-refractivity contribution is -0.944. The van der Waals surface area contributed by atoms with Gasteiger partial charge in [0.15, 0.2) is 0 Å². The highest BCUT2D eigenvalue weighted by atomic mass is 32.2. The molecule has 5 heteroatoms. The van der Waals surface area contributed by atoms with E-state index in [1.54, 1.807) is 0 Å². The summed E-state index contributed by atoms with van der Waals surface area (Å²) in [6.45, 7) is 13.0. The van der Waals surface area contributed by atoms with E-state index in [-0.39, 0.29) is 5.75 Å². The Balaban J connectivity index is 4.70. The average molecular weight is 266 g/mol. The summed E-state index contributed by atoms with van der Waals surface area (Å²) in [6, 6.07) is 0.375. The maximum atomic E-state index is 10.9. The molecule has 17 heavy (non-hydrogen) atoms. The largest absolute Gasteiger partial charge is 0.321 e. The summed E-state index contributed by atoms with van der Waals surface area (Å²) in [7, 11) is -3.86. The Hall–Kier alpha value is -0.130. The van der Waals surface area contributed by atoms with Crippen LogP contribution in [0.3, 0.4) is 0 Å². The minimum Gasteiger partial charge on any atom is -0.321 e. The zero-order valence-corrected chi connectivity index (χ0v) is 12.6. The first-order valence-corrected chi connectivity index (χ1v) is 8.05. The molecule has 0 radical (unpaired) electrons. The topological polar surface area (TPSA) is 54.4 Å². The first kappa shape index (κ1) is 16.9. The van der Waals surface area contributed by atoms with Gasteiger partial charge in [-0.15, -0.1) is 0 Å². The fraction of sp³-hybridized carbons (Fsp3) is 1.00. The van der Waals surface area contributed by atoms with E-state index in [1.165, 1.54) is 0 Å². The first-order chi connectivity index (χ1) is 7.63. The van der Waals surface area contributed by atoms with Crippen LogP contribution in [0.1, 0.15) is 41.0 Å². The first-order valence-electron chi connectivity index (χ1n) is 6.44. The van der Waals surface area contributed by atoms with Gasteiger partial charge in [0, 0.05) is 0 Å². The molecule has 0 amide bonds. The van der Waals surface area contributed by atoms with Crippen molar-refractivity contribution in [2.75, 3.05) is 25.4 Å². The van der Waals surface area contributed by atoms with Crippen molar-refractivity contribution in [3.05, 3.63) is 0 Å². The van der Waals surface area contributed by atoms with Crippen LogP contribution in [-0.4, -0.2) is 48.9 Å². The van der Waals surface area contributed by atoms with Crippen LogP contribution in [0.25, 0.3) is 0 Å². The van der Waals surface area contributed by atoms with Gasteiger partial charge >= 0.3 is 0 Å². The van der Waals surface area contributed by atoms with Crippen molar-refractivity contribution >= 4 is 10.1 Å². The molecule has 0 rings (SSSR count). The lowest BCUT2D eigenvalue weighted by Crippen LogP contribution is -2.55. The monoisotopic (exact) mass is 266 g/mol. The van der Waals surface area contributed by atoms with Gasteiger partial charge < -0.3 is 4.48 Å². The lowest BCUT2D eigenvalue weighted by Gasteiger charge is -2.42. The maximum absolute atomic E-state index is 10.9. The Labute approximate surface area is 106 Å². The van der Waals surface area contributed by atoms with Gasteiger partial charge in [-0.1, -0.05) is 13.8 Å². The second-order valence-electron chi connectivity index (χ2n) is 5.54. The van der Waals surface area contributed by atoms with Crippen molar-refractivity contribution in [2.45, 2.75) is 47.1 Å². The molecular formula is C12H28NO3S+. The number of rotatable bonds is 8. The fourth-order valence-corrected chi connectivity index (χ4v) is 2.72. The molecule has 0 saturated heterocycles. The van der Waals surface area contributed by atoms with E-state index in [2.05, 4.69) is 34.6 Å². The van der Waals surface area contributed by atoms with E-state index in [4.69, 9.17) is 4.55 Å². The van der Waals surface area contributed by atoms with Crippen LogP contribution < -0.4 is 0 Å². The predicted molar refractivity (Wildman–Crippen MR) is 71.5 cm³/mol. The summed E-state index contributed by atoms with van der Waals surface area (Å²) >= 11 is 0. The second kappa shape index (κ2) is 6.71. The van der Waals surface area contributed by atoms with Crippen LogP contribution in [0.4, 0.5) is 0 Å². The summed E-state index contributed by atoms with van der Waals surface area (Å²) in [5.74, 6) is 0.473. The molecule has 104 valence electrons. The van der Waals surface area contributed by atoms with Gasteiger partial charge in [-0.2, -0.15) is 8.42 Å². The van der Waals surface area contributed by atoms with Gasteiger partial charge in [0.1, 0.15) is 5.75 Å². The van der Waals surface area contributed by atoms with Gasteiger partial charge in [0.25, 0.3) is 10.1 Å². The molecule has 0 heterocycles. The Morgan fingerprint density at radius 2 is 1.65 bits per heavy atom. The molecule has 0 aromatic heterocycles. The summed E-state index contributed by atoms with van der Waals surface area (Å²) in [5, 5.41) is 0. The van der Waals surface area contributed by atoms with E-state index in [1.807, 2.05) is 0 Å². The van der Waals surface area contributed by atoms with E-state index >= 15 is 0 Å². The summed E-state index contributed by atoms with van der Waals surface area (Å²) in [4.78, 5) is 0. The normalized spacial score (nSPS) is 16.5. The van der Waals surface area contributed by atoms with Crippen LogP contribution >= 0.6 is 0 Å². The number of hydrogen-bond donors (Lipinski definition) is 1. The average Bonchev–Trinajstić information content (AvgIpc) is 2.16. The highest BCUT2D eigenvalue weighted by molar-refractivity contribution is 7.85. The molecule has 0 bridgehead atoms. The molecule has 0 aliphatic heterocycles. The summed E-state index contributed by atoms with van der Waals surface area (Å²) in [6.07, 6.45) is 1.08. The van der Waals surface area contributed by atoms with Crippen molar-refractivity contribution < 1.29 is 17.5 Å². The van der Waals surface area contributed by atoms with Gasteiger partial charge in [-0.05, 0) is 33.1 Å². The van der Waals surface area contributed by atoms with Gasteiger partial charge in [-0.3, -0.25) is 4.55 Å². The van der Waals surface area contributed by atoms with E-state index in [0.29, 0.717) is 18.5 Å². The molecule has 0 aliphatic carbocycles. The minimum absolute atomic E-state index is 0.142. The highest BCUT2D eigenvalue weighted by Gasteiger charge is 2.30. The molecule has 1 unspecified atom stereocenters. The third-order valence-electron chi connectivity index (χ3n) is 3.67. The summed E-state index contributed by atoms with van der Waals surface area (Å²) < 4.78 is 31.5. The Kier molecular flexibility index (Phi) is 6.66. The molecule has 4 nitrogen and oxygen atoms in total. The van der Waals surface area contributed by atoms with E-state index < -0.39 is 10.1 Å². The van der Waals surface area contributed by atoms with Crippen LogP contribution in [0.5, 0.6) is 0 Å². The van der Waals surface area contributed by atoms with Crippen molar-refractivity contribution in [3.8, 4) is 0 Å². The van der Waals surface area contributed by atoms with Crippen molar-refractivity contribution in [3.63, 3.8) is 0 Å². The van der Waals surface area contributed by atoms with Crippen molar-refractivity contribution in [2.24, 2.45) is 5.92 Å². The standard InChI is InChI=1S/C12H27NO3S/c1-6-13(12(4)5,8-7-11(2)3)9-10-17(14,15)16/h11-12H,6-10H2,1-5H3/p+1. The van der Waals surface area contributed by atoms with Crippen LogP contribution in [-0.2, 0) is 10.1 Å². The Bertz CT molecular complexity index is 312. The molecule has 1 N–H and O–H groups in total. The van der Waals surface area contributed by atoms with Gasteiger partial charge in [0.2, 0.25) is 0 Å². The molecular weight excluding hydrogens is 238 g/mol. The molecule has 0 fully saturated rings. The molecule has 0 aromatic rings. The second-order valence-corrected chi connectivity index (χ2v) is 7.12. The molecule has 0 saturated carbocycles. The fourth-order valence-electron chi connectivity index (χ4n) is 2.12. The smallest absolute Gasteiger partial charge is 0.270 e. The Morgan fingerprint density at radius 3 is 1.94 bits per heavy atom. The predicted octanol–water partition coefficient (Wildman–Crippen LogP) is 2.17. The van der Waals surface area contributed by atoms with Gasteiger partial charge in [0.05, 0.1) is 25.7 Å². The summed E-state index contributed by atoms with van der Waals surface area (Å²) in [5.41, 5.74) is 0. The third-order valence-corrected chi connectivity index (χ3v) is 4.37. The van der Waals surface area contributed by atoms with Crippen LogP contribution in [0.2, 0.25) is 0 Å². The number of quaternary nitrogens is 1.